The first-order chi connectivity index (χ1) is 10.5. The molecule has 1 atom stereocenters. The third kappa shape index (κ3) is 5.09. The minimum atomic E-state index is -0.700. The van der Waals surface area contributed by atoms with Crippen LogP contribution in [0.2, 0.25) is 0 Å². The standard InChI is InChI=1S/C17H19F2NO2/c1-20(10-13-7-8-14(18)9-17(13)19)11-15(21)12-22-16-5-3-2-4-6-16/h2-9,15,21H,10-12H2,1H3. The molecule has 0 aliphatic rings. The number of nitrogens with zero attached hydrogens (tertiary/aromatic N) is 1. The number of likely N-dealkylation sites (N-methyl/N-ethyl adjacent to an activating group) is 1. The number of ether oxygens (including phenoxy) is 1. The summed E-state index contributed by atoms with van der Waals surface area (Å²) in [5.74, 6) is -0.490. The number of hydrogen-bond acceptors (Lipinski definition) is 3. The van der Waals surface area contributed by atoms with E-state index in [-0.39, 0.29) is 13.2 Å². The summed E-state index contributed by atoms with van der Waals surface area (Å²) in [5, 5.41) is 9.95. The molecule has 118 valence electrons. The highest BCUT2D eigenvalue weighted by atomic mass is 19.1. The van der Waals surface area contributed by atoms with Gasteiger partial charge in [-0.2, -0.15) is 0 Å². The third-order valence-corrected chi connectivity index (χ3v) is 3.16. The Labute approximate surface area is 128 Å². The summed E-state index contributed by atoms with van der Waals surface area (Å²) >= 11 is 0. The van der Waals surface area contributed by atoms with Gasteiger partial charge in [-0.05, 0) is 25.2 Å². The van der Waals surface area contributed by atoms with Gasteiger partial charge in [0.1, 0.15) is 30.1 Å². The molecule has 0 fully saturated rings. The summed E-state index contributed by atoms with van der Waals surface area (Å²) in [6.45, 7) is 0.762. The molecule has 2 rings (SSSR count). The average molecular weight is 307 g/mol. The SMILES string of the molecule is CN(Cc1ccc(F)cc1F)CC(O)COc1ccccc1. The predicted molar refractivity (Wildman–Crippen MR) is 80.6 cm³/mol. The van der Waals surface area contributed by atoms with Crippen molar-refractivity contribution in [1.29, 1.82) is 0 Å². The van der Waals surface area contributed by atoms with Crippen LogP contribution in [0.5, 0.6) is 5.75 Å². The van der Waals surface area contributed by atoms with Gasteiger partial charge in [0.2, 0.25) is 0 Å². The van der Waals surface area contributed by atoms with Crippen molar-refractivity contribution in [2.45, 2.75) is 12.6 Å². The molecule has 1 N–H and O–H groups in total. The highest BCUT2D eigenvalue weighted by Crippen LogP contribution is 2.12. The molecular formula is C17H19F2NO2. The molecule has 5 heteroatoms. The van der Waals surface area contributed by atoms with E-state index in [2.05, 4.69) is 0 Å². The number of benzene rings is 2. The lowest BCUT2D eigenvalue weighted by Crippen LogP contribution is -2.33. The molecule has 2 aromatic rings. The summed E-state index contributed by atoms with van der Waals surface area (Å²) in [4.78, 5) is 1.76. The Bertz CT molecular complexity index is 592. The van der Waals surface area contributed by atoms with E-state index in [0.29, 0.717) is 17.9 Å². The molecule has 0 saturated carbocycles. The molecule has 0 heterocycles. The molecule has 1 unspecified atom stereocenters. The molecule has 0 aliphatic heterocycles. The van der Waals surface area contributed by atoms with Crippen LogP contribution in [0.4, 0.5) is 8.78 Å². The zero-order valence-corrected chi connectivity index (χ0v) is 12.4. The van der Waals surface area contributed by atoms with Crippen LogP contribution in [0.3, 0.4) is 0 Å². The summed E-state index contributed by atoms with van der Waals surface area (Å²) in [6, 6.07) is 12.7. The van der Waals surface area contributed by atoms with Crippen LogP contribution in [0, 0.1) is 11.6 Å². The van der Waals surface area contributed by atoms with Gasteiger partial charge < -0.3 is 9.84 Å². The van der Waals surface area contributed by atoms with E-state index in [0.717, 1.165) is 6.07 Å². The van der Waals surface area contributed by atoms with E-state index < -0.39 is 17.7 Å². The summed E-state index contributed by atoms with van der Waals surface area (Å²) in [5.41, 5.74) is 0.389. The smallest absolute Gasteiger partial charge is 0.130 e. The second-order valence-electron chi connectivity index (χ2n) is 5.21. The minimum Gasteiger partial charge on any atom is -0.491 e. The molecule has 0 aromatic heterocycles. The van der Waals surface area contributed by atoms with Crippen LogP contribution in [0.1, 0.15) is 5.56 Å². The molecule has 2 aromatic carbocycles. The molecule has 0 aliphatic carbocycles. The molecule has 0 saturated heterocycles. The lowest BCUT2D eigenvalue weighted by Gasteiger charge is -2.21. The Morgan fingerprint density at radius 2 is 1.86 bits per heavy atom. The van der Waals surface area contributed by atoms with Crippen LogP contribution >= 0.6 is 0 Å². The fourth-order valence-electron chi connectivity index (χ4n) is 2.13. The zero-order valence-electron chi connectivity index (χ0n) is 12.4. The van der Waals surface area contributed by atoms with Gasteiger partial charge in [0.05, 0.1) is 0 Å². The average Bonchev–Trinajstić information content (AvgIpc) is 2.49. The van der Waals surface area contributed by atoms with Gasteiger partial charge in [0.25, 0.3) is 0 Å². The van der Waals surface area contributed by atoms with Gasteiger partial charge in [-0.3, -0.25) is 4.90 Å². The van der Waals surface area contributed by atoms with E-state index in [4.69, 9.17) is 4.74 Å². The van der Waals surface area contributed by atoms with Gasteiger partial charge in [-0.15, -0.1) is 0 Å². The van der Waals surface area contributed by atoms with Gasteiger partial charge in [0.15, 0.2) is 0 Å². The molecule has 22 heavy (non-hydrogen) atoms. The van der Waals surface area contributed by atoms with Gasteiger partial charge in [0, 0.05) is 24.7 Å². The monoisotopic (exact) mass is 307 g/mol. The Kier molecular flexibility index (Phi) is 5.86. The summed E-state index contributed by atoms with van der Waals surface area (Å²) in [7, 11) is 1.76. The van der Waals surface area contributed by atoms with E-state index >= 15 is 0 Å². The Morgan fingerprint density at radius 3 is 2.55 bits per heavy atom. The lowest BCUT2D eigenvalue weighted by atomic mass is 10.2. The predicted octanol–water partition coefficient (Wildman–Crippen LogP) is 2.84. The van der Waals surface area contributed by atoms with E-state index in [1.165, 1.54) is 12.1 Å². The third-order valence-electron chi connectivity index (χ3n) is 3.16. The first kappa shape index (κ1) is 16.4. The van der Waals surface area contributed by atoms with Crippen LogP contribution in [-0.2, 0) is 6.54 Å². The van der Waals surface area contributed by atoms with Crippen molar-refractivity contribution in [3.8, 4) is 5.75 Å². The second kappa shape index (κ2) is 7.87. The van der Waals surface area contributed by atoms with Gasteiger partial charge >= 0.3 is 0 Å². The molecule has 3 nitrogen and oxygen atoms in total. The number of aliphatic hydroxyl groups is 1. The number of aliphatic hydroxyl groups excluding tert-OH is 1. The number of hydrogen-bond donors (Lipinski definition) is 1. The van der Waals surface area contributed by atoms with E-state index in [9.17, 15) is 13.9 Å². The van der Waals surface area contributed by atoms with Crippen molar-refractivity contribution in [3.63, 3.8) is 0 Å². The van der Waals surface area contributed by atoms with Crippen molar-refractivity contribution in [2.24, 2.45) is 0 Å². The van der Waals surface area contributed by atoms with E-state index in [1.54, 1.807) is 11.9 Å². The normalized spacial score (nSPS) is 12.4. The first-order valence-corrected chi connectivity index (χ1v) is 7.03. The Hall–Kier alpha value is -1.98. The largest absolute Gasteiger partial charge is 0.491 e. The highest BCUT2D eigenvalue weighted by Gasteiger charge is 2.12. The lowest BCUT2D eigenvalue weighted by molar-refractivity contribution is 0.0741. The fraction of sp³-hybridized carbons (Fsp3) is 0.294. The maximum Gasteiger partial charge on any atom is 0.130 e. The molecule has 0 amide bonds. The maximum atomic E-state index is 13.6. The van der Waals surface area contributed by atoms with Crippen molar-refractivity contribution in [2.75, 3.05) is 20.2 Å². The number of rotatable bonds is 7. The Morgan fingerprint density at radius 1 is 1.14 bits per heavy atom. The zero-order chi connectivity index (χ0) is 15.9. The summed E-state index contributed by atoms with van der Waals surface area (Å²) < 4.78 is 31.9. The van der Waals surface area contributed by atoms with E-state index in [1.807, 2.05) is 30.3 Å². The topological polar surface area (TPSA) is 32.7 Å². The van der Waals surface area contributed by atoms with Crippen LogP contribution in [0.25, 0.3) is 0 Å². The first-order valence-electron chi connectivity index (χ1n) is 7.03. The molecule has 0 bridgehead atoms. The van der Waals surface area contributed by atoms with Gasteiger partial charge in [-0.25, -0.2) is 8.78 Å². The van der Waals surface area contributed by atoms with Crippen molar-refractivity contribution < 1.29 is 18.6 Å². The maximum absolute atomic E-state index is 13.6. The quantitative estimate of drug-likeness (QED) is 0.854. The van der Waals surface area contributed by atoms with Gasteiger partial charge in [-0.1, -0.05) is 24.3 Å². The summed E-state index contributed by atoms with van der Waals surface area (Å²) in [6.07, 6.45) is -0.700. The number of para-hydroxylation sites is 1. The van der Waals surface area contributed by atoms with Crippen molar-refractivity contribution in [1.82, 2.24) is 4.90 Å². The molecule has 0 radical (unpaired) electrons. The molecule has 0 spiro atoms. The van der Waals surface area contributed by atoms with Crippen LogP contribution in [-0.4, -0.2) is 36.3 Å². The highest BCUT2D eigenvalue weighted by molar-refractivity contribution is 5.21. The van der Waals surface area contributed by atoms with Crippen LogP contribution < -0.4 is 4.74 Å². The molecular weight excluding hydrogens is 288 g/mol. The van der Waals surface area contributed by atoms with Crippen LogP contribution in [0.15, 0.2) is 48.5 Å². The number of halogens is 2. The second-order valence-corrected chi connectivity index (χ2v) is 5.21. The fourth-order valence-corrected chi connectivity index (χ4v) is 2.13. The van der Waals surface area contributed by atoms with Crippen molar-refractivity contribution in [3.05, 3.63) is 65.7 Å². The van der Waals surface area contributed by atoms with Crippen molar-refractivity contribution >= 4 is 0 Å². The Balaban J connectivity index is 1.79. The minimum absolute atomic E-state index is 0.153.